The van der Waals surface area contributed by atoms with E-state index in [4.69, 9.17) is 9.47 Å². The molecule has 0 bridgehead atoms. The zero-order chi connectivity index (χ0) is 13.4. The Hall–Kier alpha value is -1.84. The summed E-state index contributed by atoms with van der Waals surface area (Å²) in [6.45, 7) is 2.14. The van der Waals surface area contributed by atoms with Crippen molar-refractivity contribution in [1.29, 1.82) is 0 Å². The quantitative estimate of drug-likeness (QED) is 0.551. The van der Waals surface area contributed by atoms with Crippen LogP contribution in [0.25, 0.3) is 0 Å². The van der Waals surface area contributed by atoms with Crippen molar-refractivity contribution >= 4 is 11.8 Å². The highest BCUT2D eigenvalue weighted by molar-refractivity contribution is 5.98. The van der Waals surface area contributed by atoms with Gasteiger partial charge in [0.25, 0.3) is 0 Å². The van der Waals surface area contributed by atoms with Crippen molar-refractivity contribution in [3.05, 3.63) is 29.8 Å². The van der Waals surface area contributed by atoms with Crippen LogP contribution < -0.4 is 4.74 Å². The topological polar surface area (TPSA) is 52.6 Å². The first-order valence-corrected chi connectivity index (χ1v) is 6.00. The van der Waals surface area contributed by atoms with Crippen LogP contribution in [0, 0.1) is 0 Å². The van der Waals surface area contributed by atoms with Crippen LogP contribution in [0.15, 0.2) is 24.3 Å². The van der Waals surface area contributed by atoms with Crippen molar-refractivity contribution < 1.29 is 19.1 Å². The summed E-state index contributed by atoms with van der Waals surface area (Å²) in [7, 11) is 1.53. The summed E-state index contributed by atoms with van der Waals surface area (Å²) in [5, 5.41) is 0. The molecule has 0 aliphatic rings. The lowest BCUT2D eigenvalue weighted by molar-refractivity contribution is -0.143. The number of esters is 1. The molecule has 0 amide bonds. The Balaban J connectivity index is 2.48. The molecule has 0 spiro atoms. The third-order valence-corrected chi connectivity index (χ3v) is 2.50. The summed E-state index contributed by atoms with van der Waals surface area (Å²) in [4.78, 5) is 23.1. The fraction of sp³-hybridized carbons (Fsp3) is 0.429. The van der Waals surface area contributed by atoms with Crippen molar-refractivity contribution in [2.75, 3.05) is 13.7 Å². The van der Waals surface area contributed by atoms with Gasteiger partial charge in [0.15, 0.2) is 5.78 Å². The van der Waals surface area contributed by atoms with E-state index in [-0.39, 0.29) is 18.2 Å². The Morgan fingerprint density at radius 2 is 1.89 bits per heavy atom. The van der Waals surface area contributed by atoms with E-state index < -0.39 is 0 Å². The number of hydrogen-bond donors (Lipinski definition) is 0. The molecular formula is C14H18O4. The van der Waals surface area contributed by atoms with Gasteiger partial charge in [-0.15, -0.1) is 0 Å². The van der Waals surface area contributed by atoms with Crippen molar-refractivity contribution in [2.24, 2.45) is 0 Å². The van der Waals surface area contributed by atoms with Crippen LogP contribution in [0.1, 0.15) is 36.5 Å². The van der Waals surface area contributed by atoms with Crippen LogP contribution >= 0.6 is 0 Å². The molecule has 98 valence electrons. The molecular weight excluding hydrogens is 232 g/mol. The Bertz CT molecular complexity index is 412. The zero-order valence-electron chi connectivity index (χ0n) is 10.8. The third-order valence-electron chi connectivity index (χ3n) is 2.50. The molecule has 4 nitrogen and oxygen atoms in total. The number of para-hydroxylation sites is 1. The Morgan fingerprint density at radius 3 is 2.56 bits per heavy atom. The number of rotatable bonds is 7. The van der Waals surface area contributed by atoms with Crippen LogP contribution in [0.2, 0.25) is 0 Å². The van der Waals surface area contributed by atoms with E-state index in [0.717, 1.165) is 0 Å². The van der Waals surface area contributed by atoms with E-state index in [1.807, 2.05) is 6.07 Å². The molecule has 1 aromatic rings. The number of carbonyl (C=O) groups is 2. The molecule has 4 heteroatoms. The highest BCUT2D eigenvalue weighted by Crippen LogP contribution is 2.19. The first-order valence-electron chi connectivity index (χ1n) is 6.00. The number of ether oxygens (including phenoxy) is 2. The Morgan fingerprint density at radius 1 is 1.17 bits per heavy atom. The SMILES string of the molecule is CCOC(=O)CCCC(=O)c1ccccc1OC. The first-order chi connectivity index (χ1) is 8.69. The minimum atomic E-state index is -0.259. The molecule has 0 radical (unpaired) electrons. The number of Topliss-reactive ketones (excluding diaryl/α,β-unsaturated/α-hetero) is 1. The van der Waals surface area contributed by atoms with Gasteiger partial charge in [-0.05, 0) is 25.5 Å². The third kappa shape index (κ3) is 4.20. The number of benzene rings is 1. The average Bonchev–Trinajstić information content (AvgIpc) is 2.38. The minimum absolute atomic E-state index is 0.0169. The van der Waals surface area contributed by atoms with E-state index in [1.54, 1.807) is 25.1 Å². The smallest absolute Gasteiger partial charge is 0.305 e. The number of carbonyl (C=O) groups excluding carboxylic acids is 2. The number of methoxy groups -OCH3 is 1. The van der Waals surface area contributed by atoms with Crippen LogP contribution in [0.5, 0.6) is 5.75 Å². The second-order valence-corrected chi connectivity index (χ2v) is 3.78. The molecule has 0 fully saturated rings. The predicted molar refractivity (Wildman–Crippen MR) is 67.8 cm³/mol. The second-order valence-electron chi connectivity index (χ2n) is 3.78. The molecule has 0 N–H and O–H groups in total. The maximum atomic E-state index is 11.9. The highest BCUT2D eigenvalue weighted by atomic mass is 16.5. The molecule has 0 saturated carbocycles. The monoisotopic (exact) mass is 250 g/mol. The van der Waals surface area contributed by atoms with Gasteiger partial charge < -0.3 is 9.47 Å². The van der Waals surface area contributed by atoms with Crippen LogP contribution in [-0.4, -0.2) is 25.5 Å². The Kier molecular flexibility index (Phi) is 5.91. The minimum Gasteiger partial charge on any atom is -0.496 e. The maximum Gasteiger partial charge on any atom is 0.305 e. The molecule has 0 saturated heterocycles. The predicted octanol–water partition coefficient (Wildman–Crippen LogP) is 2.61. The van der Waals surface area contributed by atoms with E-state index in [2.05, 4.69) is 0 Å². The van der Waals surface area contributed by atoms with Gasteiger partial charge in [0.05, 0.1) is 19.3 Å². The van der Waals surface area contributed by atoms with Crippen LogP contribution in [0.3, 0.4) is 0 Å². The van der Waals surface area contributed by atoms with Gasteiger partial charge in [0.2, 0.25) is 0 Å². The molecule has 1 aromatic carbocycles. The summed E-state index contributed by atoms with van der Waals surface area (Å²) in [5.74, 6) is 0.292. The van der Waals surface area contributed by atoms with Gasteiger partial charge in [0, 0.05) is 12.8 Å². The number of ketones is 1. The van der Waals surface area contributed by atoms with Crippen LogP contribution in [0.4, 0.5) is 0 Å². The molecule has 1 rings (SSSR count). The molecule has 0 unspecified atom stereocenters. The van der Waals surface area contributed by atoms with E-state index in [9.17, 15) is 9.59 Å². The summed E-state index contributed by atoms with van der Waals surface area (Å²) >= 11 is 0. The van der Waals surface area contributed by atoms with Gasteiger partial charge >= 0.3 is 5.97 Å². The lowest BCUT2D eigenvalue weighted by atomic mass is 10.0. The van der Waals surface area contributed by atoms with E-state index in [1.165, 1.54) is 7.11 Å². The molecule has 0 aliphatic heterocycles. The molecule has 0 aromatic heterocycles. The summed E-state index contributed by atoms with van der Waals surface area (Å²) in [6.07, 6.45) is 1.09. The molecule has 18 heavy (non-hydrogen) atoms. The molecule has 0 aliphatic carbocycles. The van der Waals surface area contributed by atoms with Gasteiger partial charge in [-0.1, -0.05) is 12.1 Å². The second kappa shape index (κ2) is 7.48. The van der Waals surface area contributed by atoms with Crippen molar-refractivity contribution in [1.82, 2.24) is 0 Å². The fourth-order valence-corrected chi connectivity index (χ4v) is 1.64. The van der Waals surface area contributed by atoms with E-state index >= 15 is 0 Å². The number of hydrogen-bond acceptors (Lipinski definition) is 4. The largest absolute Gasteiger partial charge is 0.496 e. The average molecular weight is 250 g/mol. The molecule has 0 atom stereocenters. The lowest BCUT2D eigenvalue weighted by Crippen LogP contribution is -2.06. The van der Waals surface area contributed by atoms with Crippen molar-refractivity contribution in [3.63, 3.8) is 0 Å². The summed E-state index contributed by atoms with van der Waals surface area (Å²) < 4.78 is 9.92. The van der Waals surface area contributed by atoms with Gasteiger partial charge in [-0.25, -0.2) is 0 Å². The zero-order valence-corrected chi connectivity index (χ0v) is 10.8. The van der Waals surface area contributed by atoms with Gasteiger partial charge in [0.1, 0.15) is 5.75 Å². The maximum absolute atomic E-state index is 11.9. The van der Waals surface area contributed by atoms with Crippen molar-refractivity contribution in [2.45, 2.75) is 26.2 Å². The van der Waals surface area contributed by atoms with E-state index in [0.29, 0.717) is 30.8 Å². The Labute approximate surface area is 107 Å². The lowest BCUT2D eigenvalue weighted by Gasteiger charge is -2.06. The first kappa shape index (κ1) is 14.2. The van der Waals surface area contributed by atoms with Gasteiger partial charge in [-0.2, -0.15) is 0 Å². The summed E-state index contributed by atoms with van der Waals surface area (Å²) in [6, 6.07) is 7.08. The normalized spacial score (nSPS) is 9.89. The molecule has 0 heterocycles. The van der Waals surface area contributed by atoms with Crippen molar-refractivity contribution in [3.8, 4) is 5.75 Å². The fourth-order valence-electron chi connectivity index (χ4n) is 1.64. The summed E-state index contributed by atoms with van der Waals surface area (Å²) in [5.41, 5.74) is 0.559. The standard InChI is InChI=1S/C14H18O4/c1-3-18-14(16)10-6-8-12(15)11-7-4-5-9-13(11)17-2/h4-5,7,9H,3,6,8,10H2,1-2H3. The highest BCUT2D eigenvalue weighted by Gasteiger charge is 2.12. The van der Waals surface area contributed by atoms with Crippen LogP contribution in [-0.2, 0) is 9.53 Å². The van der Waals surface area contributed by atoms with Gasteiger partial charge in [-0.3, -0.25) is 9.59 Å².